The predicted molar refractivity (Wildman–Crippen MR) is 85.0 cm³/mol. The molecule has 0 radical (unpaired) electrons. The fourth-order valence-electron chi connectivity index (χ4n) is 2.66. The number of amides is 1. The first-order valence-electron chi connectivity index (χ1n) is 7.70. The molecule has 22 heavy (non-hydrogen) atoms. The van der Waals surface area contributed by atoms with E-state index in [0.29, 0.717) is 10.9 Å². The summed E-state index contributed by atoms with van der Waals surface area (Å²) in [4.78, 5) is 15.0. The van der Waals surface area contributed by atoms with Crippen LogP contribution in [0.2, 0.25) is 0 Å². The van der Waals surface area contributed by atoms with E-state index < -0.39 is 11.6 Å². The molecule has 1 aromatic rings. The van der Waals surface area contributed by atoms with Crippen LogP contribution in [-0.4, -0.2) is 42.2 Å². The first kappa shape index (κ1) is 17.2. The zero-order valence-corrected chi connectivity index (χ0v) is 13.6. The topological polar surface area (TPSA) is 32.3 Å². The lowest BCUT2D eigenvalue weighted by molar-refractivity contribution is -0.131. The smallest absolute Gasteiger partial charge is 0.233 e. The highest BCUT2D eigenvalue weighted by molar-refractivity contribution is 8.00. The van der Waals surface area contributed by atoms with Gasteiger partial charge in [0.2, 0.25) is 5.91 Å². The van der Waals surface area contributed by atoms with Crippen molar-refractivity contribution in [3.05, 3.63) is 29.8 Å². The van der Waals surface area contributed by atoms with Gasteiger partial charge >= 0.3 is 0 Å². The summed E-state index contributed by atoms with van der Waals surface area (Å²) in [7, 11) is 0. The van der Waals surface area contributed by atoms with Crippen molar-refractivity contribution < 1.29 is 13.6 Å². The second-order valence-corrected chi connectivity index (χ2v) is 6.48. The van der Waals surface area contributed by atoms with Crippen molar-refractivity contribution in [1.29, 1.82) is 0 Å². The molecule has 0 saturated carbocycles. The van der Waals surface area contributed by atoms with Gasteiger partial charge in [0.05, 0.1) is 5.75 Å². The van der Waals surface area contributed by atoms with E-state index in [-0.39, 0.29) is 11.7 Å². The van der Waals surface area contributed by atoms with Crippen molar-refractivity contribution in [2.24, 2.45) is 0 Å². The van der Waals surface area contributed by atoms with Crippen LogP contribution in [0.1, 0.15) is 26.2 Å². The van der Waals surface area contributed by atoms with Crippen molar-refractivity contribution in [1.82, 2.24) is 10.2 Å². The average molecular weight is 328 g/mol. The Morgan fingerprint density at radius 1 is 1.32 bits per heavy atom. The minimum Gasteiger partial charge on any atom is -0.339 e. The van der Waals surface area contributed by atoms with E-state index in [2.05, 4.69) is 12.2 Å². The number of piperidine rings is 1. The van der Waals surface area contributed by atoms with E-state index >= 15 is 0 Å². The van der Waals surface area contributed by atoms with Crippen molar-refractivity contribution in [2.75, 3.05) is 25.4 Å². The van der Waals surface area contributed by atoms with Crippen LogP contribution in [0.15, 0.2) is 23.1 Å². The number of halogens is 2. The second kappa shape index (κ2) is 8.48. The van der Waals surface area contributed by atoms with Crippen LogP contribution in [0.25, 0.3) is 0 Å². The molecule has 1 aromatic carbocycles. The first-order valence-corrected chi connectivity index (χ1v) is 8.68. The summed E-state index contributed by atoms with van der Waals surface area (Å²) in [6.45, 7) is 4.69. The Hall–Kier alpha value is -1.14. The summed E-state index contributed by atoms with van der Waals surface area (Å²) >= 11 is 1.26. The molecule has 0 spiro atoms. The Morgan fingerprint density at radius 3 is 2.68 bits per heavy atom. The molecule has 1 aliphatic rings. The molecular formula is C16H22F2N2OS. The van der Waals surface area contributed by atoms with Gasteiger partial charge in [0.15, 0.2) is 11.6 Å². The third kappa shape index (κ3) is 4.68. The molecule has 1 fully saturated rings. The highest BCUT2D eigenvalue weighted by atomic mass is 32.2. The van der Waals surface area contributed by atoms with Gasteiger partial charge in [-0.15, -0.1) is 11.8 Å². The van der Waals surface area contributed by atoms with Crippen molar-refractivity contribution in [3.8, 4) is 0 Å². The average Bonchev–Trinajstić information content (AvgIpc) is 2.54. The zero-order chi connectivity index (χ0) is 15.9. The fraction of sp³-hybridized carbons (Fsp3) is 0.562. The van der Waals surface area contributed by atoms with E-state index in [4.69, 9.17) is 0 Å². The number of benzene rings is 1. The highest BCUT2D eigenvalue weighted by Crippen LogP contribution is 2.22. The van der Waals surface area contributed by atoms with Gasteiger partial charge < -0.3 is 10.2 Å². The van der Waals surface area contributed by atoms with Crippen LogP contribution in [0.5, 0.6) is 0 Å². The quantitative estimate of drug-likeness (QED) is 0.815. The third-order valence-electron chi connectivity index (χ3n) is 3.79. The van der Waals surface area contributed by atoms with Gasteiger partial charge in [-0.3, -0.25) is 4.79 Å². The van der Waals surface area contributed by atoms with Crippen molar-refractivity contribution in [2.45, 2.75) is 37.1 Å². The summed E-state index contributed by atoms with van der Waals surface area (Å²) in [5.74, 6) is -1.41. The van der Waals surface area contributed by atoms with E-state index in [0.717, 1.165) is 51.0 Å². The maximum absolute atomic E-state index is 13.2. The van der Waals surface area contributed by atoms with Gasteiger partial charge in [-0.1, -0.05) is 6.92 Å². The molecular weight excluding hydrogens is 306 g/mol. The van der Waals surface area contributed by atoms with E-state index in [9.17, 15) is 13.6 Å². The molecule has 1 amide bonds. The van der Waals surface area contributed by atoms with E-state index in [1.807, 2.05) is 4.90 Å². The summed E-state index contributed by atoms with van der Waals surface area (Å²) in [6, 6.07) is 4.03. The lowest BCUT2D eigenvalue weighted by Gasteiger charge is -2.34. The monoisotopic (exact) mass is 328 g/mol. The Morgan fingerprint density at radius 2 is 2.05 bits per heavy atom. The van der Waals surface area contributed by atoms with Gasteiger partial charge in [-0.05, 0) is 50.6 Å². The summed E-state index contributed by atoms with van der Waals surface area (Å²) in [5, 5.41) is 3.30. The lowest BCUT2D eigenvalue weighted by atomic mass is 10.0. The normalized spacial score (nSPS) is 15.8. The molecule has 3 nitrogen and oxygen atoms in total. The van der Waals surface area contributed by atoms with Crippen molar-refractivity contribution >= 4 is 17.7 Å². The Bertz CT molecular complexity index is 507. The number of nitrogens with one attached hydrogen (secondary N) is 1. The molecule has 0 aliphatic carbocycles. The minimum absolute atomic E-state index is 0.0727. The zero-order valence-electron chi connectivity index (χ0n) is 12.8. The van der Waals surface area contributed by atoms with Crippen LogP contribution < -0.4 is 5.32 Å². The lowest BCUT2D eigenvalue weighted by Crippen LogP contribution is -2.47. The third-order valence-corrected chi connectivity index (χ3v) is 4.77. The number of carbonyl (C=O) groups excluding carboxylic acids is 1. The van der Waals surface area contributed by atoms with Crippen LogP contribution in [0.3, 0.4) is 0 Å². The number of hydrogen-bond acceptors (Lipinski definition) is 3. The molecule has 2 rings (SSSR count). The maximum Gasteiger partial charge on any atom is 0.233 e. The predicted octanol–water partition coefficient (Wildman–Crippen LogP) is 3.05. The summed E-state index contributed by atoms with van der Waals surface area (Å²) in [6.07, 6.45) is 2.87. The Labute approximate surface area is 134 Å². The van der Waals surface area contributed by atoms with Gasteiger partial charge in [-0.2, -0.15) is 0 Å². The molecule has 122 valence electrons. The second-order valence-electron chi connectivity index (χ2n) is 5.43. The van der Waals surface area contributed by atoms with Crippen LogP contribution in [-0.2, 0) is 4.79 Å². The molecule has 0 atom stereocenters. The molecule has 1 heterocycles. The van der Waals surface area contributed by atoms with Gasteiger partial charge in [0.1, 0.15) is 0 Å². The number of carbonyl (C=O) groups is 1. The van der Waals surface area contributed by atoms with Crippen LogP contribution >= 0.6 is 11.8 Å². The number of nitrogens with zero attached hydrogens (tertiary/aromatic N) is 1. The number of hydrogen-bond donors (Lipinski definition) is 1. The minimum atomic E-state index is -0.874. The molecule has 6 heteroatoms. The van der Waals surface area contributed by atoms with Crippen LogP contribution in [0, 0.1) is 11.6 Å². The Balaban J connectivity index is 1.93. The van der Waals surface area contributed by atoms with Gasteiger partial charge in [-0.25, -0.2) is 8.78 Å². The Kier molecular flexibility index (Phi) is 6.64. The number of rotatable bonds is 6. The number of thioether (sulfide) groups is 1. The molecule has 1 N–H and O–H groups in total. The van der Waals surface area contributed by atoms with Crippen LogP contribution in [0.4, 0.5) is 8.78 Å². The first-order chi connectivity index (χ1) is 10.6. The summed E-state index contributed by atoms with van der Waals surface area (Å²) in [5.41, 5.74) is 0. The maximum atomic E-state index is 13.2. The van der Waals surface area contributed by atoms with Crippen molar-refractivity contribution in [3.63, 3.8) is 0 Å². The molecule has 0 unspecified atom stereocenters. The van der Waals surface area contributed by atoms with Gasteiger partial charge in [0, 0.05) is 17.5 Å². The molecule has 1 aliphatic heterocycles. The fourth-order valence-corrected chi connectivity index (χ4v) is 3.47. The van der Waals surface area contributed by atoms with E-state index in [1.165, 1.54) is 17.8 Å². The molecule has 1 saturated heterocycles. The largest absolute Gasteiger partial charge is 0.339 e. The molecule has 0 bridgehead atoms. The van der Waals surface area contributed by atoms with E-state index in [1.54, 1.807) is 0 Å². The SMILES string of the molecule is CCCN(C(=O)CSc1ccc(F)c(F)c1)C1CCNCC1. The molecule has 0 aromatic heterocycles. The highest BCUT2D eigenvalue weighted by Gasteiger charge is 2.24. The summed E-state index contributed by atoms with van der Waals surface area (Å²) < 4.78 is 26.1. The standard InChI is InChI=1S/C16H22F2N2OS/c1-2-9-20(12-5-7-19-8-6-12)16(21)11-22-13-3-4-14(17)15(18)10-13/h3-4,10,12,19H,2,5-9,11H2,1H3. The van der Waals surface area contributed by atoms with Gasteiger partial charge in [0.25, 0.3) is 0 Å².